The zero-order valence-corrected chi connectivity index (χ0v) is 10.6. The van der Waals surface area contributed by atoms with Crippen molar-refractivity contribution in [1.82, 2.24) is 4.57 Å². The number of aromatic nitrogens is 1. The summed E-state index contributed by atoms with van der Waals surface area (Å²) in [6.07, 6.45) is -2.83. The summed E-state index contributed by atoms with van der Waals surface area (Å²) in [7, 11) is 0. The Morgan fingerprint density at radius 1 is 1.40 bits per heavy atom. The van der Waals surface area contributed by atoms with Crippen molar-refractivity contribution in [3.8, 4) is 5.75 Å². The van der Waals surface area contributed by atoms with Crippen LogP contribution in [0, 0.1) is 0 Å². The molecule has 0 aliphatic heterocycles. The summed E-state index contributed by atoms with van der Waals surface area (Å²) in [6.45, 7) is 2.25. The molecule has 1 aromatic heterocycles. The van der Waals surface area contributed by atoms with Crippen LogP contribution in [0.15, 0.2) is 24.4 Å². The van der Waals surface area contributed by atoms with Gasteiger partial charge in [-0.1, -0.05) is 19.1 Å². The number of hydrogen-bond acceptors (Lipinski definition) is 2. The number of carbonyl (C=O) groups is 1. The standard InChI is InChI=1S/C13H12F3NO3/c1-2-6-17-7-9(12(18)19)8-4-3-5-10(11(8)17)20-13(14,15)16/h3-5,7H,2,6H2,1H3,(H,18,19). The van der Waals surface area contributed by atoms with Gasteiger partial charge in [-0.15, -0.1) is 13.2 Å². The first-order valence-corrected chi connectivity index (χ1v) is 5.94. The molecule has 4 nitrogen and oxygen atoms in total. The molecule has 1 aromatic carbocycles. The molecule has 0 aliphatic carbocycles. The van der Waals surface area contributed by atoms with Crippen molar-refractivity contribution in [1.29, 1.82) is 0 Å². The van der Waals surface area contributed by atoms with Crippen molar-refractivity contribution in [2.75, 3.05) is 0 Å². The smallest absolute Gasteiger partial charge is 0.478 e. The Morgan fingerprint density at radius 3 is 2.65 bits per heavy atom. The maximum Gasteiger partial charge on any atom is 0.573 e. The second kappa shape index (κ2) is 5.07. The lowest BCUT2D eigenvalue weighted by atomic mass is 10.1. The minimum atomic E-state index is -4.82. The Kier molecular flexibility index (Phi) is 3.61. The highest BCUT2D eigenvalue weighted by molar-refractivity contribution is 6.05. The predicted octanol–water partition coefficient (Wildman–Crippen LogP) is 3.65. The van der Waals surface area contributed by atoms with Gasteiger partial charge >= 0.3 is 12.3 Å². The van der Waals surface area contributed by atoms with E-state index >= 15 is 0 Å². The molecule has 0 spiro atoms. The number of carboxylic acid groups (broad SMARTS) is 1. The summed E-state index contributed by atoms with van der Waals surface area (Å²) in [5.74, 6) is -1.58. The molecule has 0 radical (unpaired) electrons. The van der Waals surface area contributed by atoms with Crippen LogP contribution >= 0.6 is 0 Å². The average molecular weight is 287 g/mol. The maximum atomic E-state index is 12.4. The minimum absolute atomic E-state index is 0.0407. The van der Waals surface area contributed by atoms with Crippen molar-refractivity contribution in [3.63, 3.8) is 0 Å². The summed E-state index contributed by atoms with van der Waals surface area (Å²) in [4.78, 5) is 11.2. The first kappa shape index (κ1) is 14.2. The van der Waals surface area contributed by atoms with E-state index in [4.69, 9.17) is 5.11 Å². The first-order valence-electron chi connectivity index (χ1n) is 5.94. The van der Waals surface area contributed by atoms with Crippen molar-refractivity contribution >= 4 is 16.9 Å². The number of benzene rings is 1. The van der Waals surface area contributed by atoms with Gasteiger partial charge in [0.15, 0.2) is 5.75 Å². The highest BCUT2D eigenvalue weighted by Crippen LogP contribution is 2.33. The molecule has 20 heavy (non-hydrogen) atoms. The molecule has 0 unspecified atom stereocenters. The number of ether oxygens (including phenoxy) is 1. The second-order valence-corrected chi connectivity index (χ2v) is 4.24. The number of fused-ring (bicyclic) bond motifs is 1. The molecule has 1 heterocycles. The van der Waals surface area contributed by atoms with E-state index in [-0.39, 0.29) is 16.5 Å². The third kappa shape index (κ3) is 2.71. The molecule has 0 atom stereocenters. The van der Waals surface area contributed by atoms with Gasteiger partial charge < -0.3 is 14.4 Å². The number of halogens is 3. The van der Waals surface area contributed by atoms with Crippen LogP contribution in [0.1, 0.15) is 23.7 Å². The Labute approximate surface area is 112 Å². The molecule has 0 saturated heterocycles. The van der Waals surface area contributed by atoms with E-state index < -0.39 is 18.1 Å². The van der Waals surface area contributed by atoms with E-state index in [0.29, 0.717) is 13.0 Å². The van der Waals surface area contributed by atoms with E-state index in [0.717, 1.165) is 0 Å². The second-order valence-electron chi connectivity index (χ2n) is 4.24. The summed E-state index contributed by atoms with van der Waals surface area (Å²) in [5.41, 5.74) is 0.102. The minimum Gasteiger partial charge on any atom is -0.478 e. The number of alkyl halides is 3. The predicted molar refractivity (Wildman–Crippen MR) is 65.9 cm³/mol. The molecule has 108 valence electrons. The van der Waals surface area contributed by atoms with Crippen molar-refractivity contribution in [2.45, 2.75) is 26.3 Å². The quantitative estimate of drug-likeness (QED) is 0.933. The van der Waals surface area contributed by atoms with Crippen LogP contribution in [0.3, 0.4) is 0 Å². The highest BCUT2D eigenvalue weighted by Gasteiger charge is 2.32. The average Bonchev–Trinajstić information content (AvgIpc) is 2.68. The zero-order valence-electron chi connectivity index (χ0n) is 10.6. The number of nitrogens with zero attached hydrogens (tertiary/aromatic N) is 1. The van der Waals surface area contributed by atoms with Crippen LogP contribution in [0.2, 0.25) is 0 Å². The Balaban J connectivity index is 2.67. The molecule has 2 aromatic rings. The number of aryl methyl sites for hydroxylation is 1. The van der Waals surface area contributed by atoms with Crippen molar-refractivity contribution in [3.05, 3.63) is 30.0 Å². The van der Waals surface area contributed by atoms with Crippen LogP contribution in [0.25, 0.3) is 10.9 Å². The summed E-state index contributed by atoms with van der Waals surface area (Å²) < 4.78 is 42.7. The molecule has 0 aliphatic rings. The molecule has 2 rings (SSSR count). The number of hydrogen-bond donors (Lipinski definition) is 1. The molecule has 0 fully saturated rings. The number of rotatable bonds is 4. The van der Waals surface area contributed by atoms with E-state index in [1.165, 1.54) is 29.0 Å². The zero-order chi connectivity index (χ0) is 14.9. The fourth-order valence-corrected chi connectivity index (χ4v) is 2.12. The van der Waals surface area contributed by atoms with Crippen LogP contribution in [0.4, 0.5) is 13.2 Å². The van der Waals surface area contributed by atoms with E-state index in [1.807, 2.05) is 6.92 Å². The van der Waals surface area contributed by atoms with Crippen LogP contribution in [0.5, 0.6) is 5.75 Å². The Hall–Kier alpha value is -2.18. The fourth-order valence-electron chi connectivity index (χ4n) is 2.12. The van der Waals surface area contributed by atoms with Crippen molar-refractivity contribution < 1.29 is 27.8 Å². The largest absolute Gasteiger partial charge is 0.573 e. The Bertz CT molecular complexity index is 646. The van der Waals surface area contributed by atoms with Gasteiger partial charge in [0, 0.05) is 18.1 Å². The molecule has 7 heteroatoms. The lowest BCUT2D eigenvalue weighted by Crippen LogP contribution is -2.17. The number of para-hydroxylation sites is 1. The van der Waals surface area contributed by atoms with Gasteiger partial charge in [0.2, 0.25) is 0 Å². The summed E-state index contributed by atoms with van der Waals surface area (Å²) in [6, 6.07) is 3.98. The monoisotopic (exact) mass is 287 g/mol. The fraction of sp³-hybridized carbons (Fsp3) is 0.308. The topological polar surface area (TPSA) is 51.5 Å². The summed E-state index contributed by atoms with van der Waals surface area (Å²) >= 11 is 0. The molecular formula is C13H12F3NO3. The molecule has 0 bridgehead atoms. The molecule has 0 saturated carbocycles. The lowest BCUT2D eigenvalue weighted by Gasteiger charge is -2.12. The van der Waals surface area contributed by atoms with E-state index in [9.17, 15) is 18.0 Å². The van der Waals surface area contributed by atoms with Crippen LogP contribution in [-0.2, 0) is 6.54 Å². The van der Waals surface area contributed by atoms with Gasteiger partial charge in [0.25, 0.3) is 0 Å². The normalized spacial score (nSPS) is 11.8. The van der Waals surface area contributed by atoms with Gasteiger partial charge in [-0.3, -0.25) is 0 Å². The van der Waals surface area contributed by atoms with Gasteiger partial charge in [-0.05, 0) is 12.5 Å². The van der Waals surface area contributed by atoms with Crippen molar-refractivity contribution in [2.24, 2.45) is 0 Å². The number of carboxylic acids is 1. The van der Waals surface area contributed by atoms with Gasteiger partial charge in [-0.25, -0.2) is 4.79 Å². The van der Waals surface area contributed by atoms with Crippen LogP contribution < -0.4 is 4.74 Å². The van der Waals surface area contributed by atoms with Gasteiger partial charge in [-0.2, -0.15) is 0 Å². The first-order chi connectivity index (χ1) is 9.33. The molecule has 1 N–H and O–H groups in total. The lowest BCUT2D eigenvalue weighted by molar-refractivity contribution is -0.274. The maximum absolute atomic E-state index is 12.4. The molecule has 0 amide bonds. The molecular weight excluding hydrogens is 275 g/mol. The Morgan fingerprint density at radius 2 is 2.10 bits per heavy atom. The van der Waals surface area contributed by atoms with E-state index in [1.54, 1.807) is 0 Å². The SMILES string of the molecule is CCCn1cc(C(=O)O)c2cccc(OC(F)(F)F)c21. The third-order valence-electron chi connectivity index (χ3n) is 2.78. The van der Waals surface area contributed by atoms with E-state index in [2.05, 4.69) is 4.74 Å². The van der Waals surface area contributed by atoms with Gasteiger partial charge in [0.1, 0.15) is 0 Å². The number of aromatic carboxylic acids is 1. The third-order valence-corrected chi connectivity index (χ3v) is 2.78. The summed E-state index contributed by atoms with van der Waals surface area (Å²) in [5, 5.41) is 9.34. The highest BCUT2D eigenvalue weighted by atomic mass is 19.4. The van der Waals surface area contributed by atoms with Gasteiger partial charge in [0.05, 0.1) is 11.1 Å². The van der Waals surface area contributed by atoms with Crippen LogP contribution in [-0.4, -0.2) is 22.0 Å².